The lowest BCUT2D eigenvalue weighted by molar-refractivity contribution is -0.148. The number of aliphatic imine (C=N–C) groups is 2. The van der Waals surface area contributed by atoms with E-state index < -0.39 is 72.8 Å². The molecule has 0 amide bonds. The molecule has 0 saturated carbocycles. The minimum absolute atomic E-state index is 0.0650. The van der Waals surface area contributed by atoms with Crippen molar-refractivity contribution in [3.8, 4) is 0 Å². The van der Waals surface area contributed by atoms with Crippen molar-refractivity contribution in [3.05, 3.63) is 0 Å². The normalized spacial score (nSPS) is 13.2. The zero-order chi connectivity index (χ0) is 31.4. The third kappa shape index (κ3) is 20.4. The Morgan fingerprint density at radius 2 is 0.800 bits per heavy atom. The number of aliphatic carboxylic acids is 6. The van der Waals surface area contributed by atoms with Gasteiger partial charge in [-0.05, 0) is 25.7 Å². The molecule has 0 rings (SSSR count). The Labute approximate surface area is 227 Å². The van der Waals surface area contributed by atoms with Gasteiger partial charge in [-0.1, -0.05) is 0 Å². The number of guanidine groups is 2. The summed E-state index contributed by atoms with van der Waals surface area (Å²) in [7, 11) is 0. The fourth-order valence-corrected chi connectivity index (χ4v) is 2.83. The van der Waals surface area contributed by atoms with Crippen LogP contribution in [0.15, 0.2) is 9.98 Å². The largest absolute Gasteiger partial charge is 0.481 e. The minimum Gasteiger partial charge on any atom is -0.481 e. The highest BCUT2D eigenvalue weighted by atomic mass is 16.4. The van der Waals surface area contributed by atoms with Gasteiger partial charge in [0.15, 0.2) is 11.9 Å². The van der Waals surface area contributed by atoms with Crippen molar-refractivity contribution in [3.63, 3.8) is 0 Å². The molecule has 0 aromatic rings. The van der Waals surface area contributed by atoms with Gasteiger partial charge in [-0.3, -0.25) is 49.4 Å². The number of hydrogen-bond acceptors (Lipinski definition) is 10. The number of nitrogens with zero attached hydrogens (tertiary/aromatic N) is 2. The van der Waals surface area contributed by atoms with E-state index in [0.717, 1.165) is 0 Å². The van der Waals surface area contributed by atoms with E-state index in [1.807, 2.05) is 0 Å². The van der Waals surface area contributed by atoms with E-state index in [9.17, 15) is 28.8 Å². The van der Waals surface area contributed by atoms with E-state index >= 15 is 0 Å². The summed E-state index contributed by atoms with van der Waals surface area (Å²) in [6.45, 7) is 0.398. The Bertz CT molecular complexity index is 860. The maximum absolute atomic E-state index is 11.0. The van der Waals surface area contributed by atoms with E-state index in [2.05, 4.69) is 20.6 Å². The second kappa shape index (κ2) is 20.3. The second-order valence-corrected chi connectivity index (χ2v) is 7.99. The molecule has 4 atom stereocenters. The van der Waals surface area contributed by atoms with Crippen LogP contribution in [0.25, 0.3) is 0 Å². The standard InChI is InChI=1S/2C10H18N4O6/c2*11-10(12)13-3-1-2-5(8(17)18)14-6(9(19)20)4-7(15)16/h2*5-6,14H,1-4H2,(H,15,16)(H,17,18)(H,19,20)(H4,11,12,13). The summed E-state index contributed by atoms with van der Waals surface area (Å²) in [6.07, 6.45) is -0.687. The van der Waals surface area contributed by atoms with Crippen LogP contribution in [0, 0.1) is 0 Å². The fourth-order valence-electron chi connectivity index (χ4n) is 2.83. The Morgan fingerprint density at radius 1 is 0.525 bits per heavy atom. The van der Waals surface area contributed by atoms with Crippen molar-refractivity contribution in [1.29, 1.82) is 0 Å². The van der Waals surface area contributed by atoms with Gasteiger partial charge in [-0.2, -0.15) is 0 Å². The highest BCUT2D eigenvalue weighted by molar-refractivity contribution is 5.83. The lowest BCUT2D eigenvalue weighted by atomic mass is 10.1. The van der Waals surface area contributed by atoms with Gasteiger partial charge in [0.05, 0.1) is 12.8 Å². The Hall–Kier alpha value is -4.72. The van der Waals surface area contributed by atoms with Crippen molar-refractivity contribution in [2.45, 2.75) is 62.7 Å². The molecule has 0 aliphatic rings. The average Bonchev–Trinajstić information content (AvgIpc) is 2.80. The SMILES string of the molecule is NC(N)=NCCCC(NC(CC(=O)O)C(=O)O)C(=O)O.NC(N)=NCCCC(NC(CC(=O)O)C(=O)O)C(=O)O. The molecule has 0 spiro atoms. The topological polar surface area (TPSA) is 377 Å². The van der Waals surface area contributed by atoms with E-state index in [4.69, 9.17) is 53.6 Å². The summed E-state index contributed by atoms with van der Waals surface area (Å²) < 4.78 is 0. The first-order valence-electron chi connectivity index (χ1n) is 11.5. The smallest absolute Gasteiger partial charge is 0.321 e. The van der Waals surface area contributed by atoms with Crippen molar-refractivity contribution >= 4 is 47.7 Å². The maximum Gasteiger partial charge on any atom is 0.321 e. The first-order chi connectivity index (χ1) is 18.5. The number of rotatable bonds is 20. The lowest BCUT2D eigenvalue weighted by Crippen LogP contribution is -2.48. The van der Waals surface area contributed by atoms with Crippen LogP contribution in [0.4, 0.5) is 0 Å². The molecule has 0 aliphatic carbocycles. The first-order valence-corrected chi connectivity index (χ1v) is 11.5. The highest BCUT2D eigenvalue weighted by Crippen LogP contribution is 2.04. The molecule has 0 bridgehead atoms. The van der Waals surface area contributed by atoms with Crippen LogP contribution in [0.3, 0.4) is 0 Å². The van der Waals surface area contributed by atoms with Gasteiger partial charge in [0.2, 0.25) is 0 Å². The zero-order valence-electron chi connectivity index (χ0n) is 21.3. The molecule has 40 heavy (non-hydrogen) atoms. The van der Waals surface area contributed by atoms with E-state index in [0.29, 0.717) is 12.8 Å². The van der Waals surface area contributed by atoms with Gasteiger partial charge >= 0.3 is 35.8 Å². The number of hydrogen-bond donors (Lipinski definition) is 12. The monoisotopic (exact) mass is 580 g/mol. The van der Waals surface area contributed by atoms with Crippen LogP contribution in [-0.4, -0.2) is 116 Å². The molecule has 4 unspecified atom stereocenters. The third-order valence-electron chi connectivity index (χ3n) is 4.65. The molecule has 0 fully saturated rings. The van der Waals surface area contributed by atoms with E-state index in [1.54, 1.807) is 0 Å². The van der Waals surface area contributed by atoms with Gasteiger partial charge in [0.25, 0.3) is 0 Å². The predicted octanol–water partition coefficient (Wildman–Crippen LogP) is -3.98. The predicted molar refractivity (Wildman–Crippen MR) is 136 cm³/mol. The Morgan fingerprint density at radius 3 is 1.00 bits per heavy atom. The molecule has 0 aromatic heterocycles. The number of nitrogens with two attached hydrogens (primary N) is 4. The molecule has 228 valence electrons. The third-order valence-corrected chi connectivity index (χ3v) is 4.65. The summed E-state index contributed by atoms with van der Waals surface area (Å²) in [5, 5.41) is 57.3. The van der Waals surface area contributed by atoms with Crippen molar-refractivity contribution in [2.75, 3.05) is 13.1 Å². The molecule has 0 heterocycles. The van der Waals surface area contributed by atoms with Crippen LogP contribution in [0.5, 0.6) is 0 Å². The van der Waals surface area contributed by atoms with Crippen LogP contribution >= 0.6 is 0 Å². The van der Waals surface area contributed by atoms with Crippen LogP contribution in [-0.2, 0) is 28.8 Å². The summed E-state index contributed by atoms with van der Waals surface area (Å²) >= 11 is 0. The molecular weight excluding hydrogens is 544 g/mol. The average molecular weight is 581 g/mol. The molecule has 16 N–H and O–H groups in total. The van der Waals surface area contributed by atoms with Gasteiger partial charge in [-0.25, -0.2) is 0 Å². The number of nitrogens with one attached hydrogen (secondary N) is 2. The maximum atomic E-state index is 11.0. The molecule has 0 aromatic carbocycles. The van der Waals surface area contributed by atoms with Gasteiger partial charge in [0, 0.05) is 13.1 Å². The van der Waals surface area contributed by atoms with Crippen LogP contribution in [0.2, 0.25) is 0 Å². The number of carboxylic acid groups (broad SMARTS) is 6. The lowest BCUT2D eigenvalue weighted by Gasteiger charge is -2.18. The summed E-state index contributed by atoms with van der Waals surface area (Å²) in [5.41, 5.74) is 20.4. The minimum atomic E-state index is -1.48. The number of carboxylic acids is 6. The Kier molecular flexibility index (Phi) is 19.0. The Balaban J connectivity index is 0. The van der Waals surface area contributed by atoms with E-state index in [1.165, 1.54) is 0 Å². The van der Waals surface area contributed by atoms with Crippen LogP contribution < -0.4 is 33.6 Å². The summed E-state index contributed by atoms with van der Waals surface area (Å²) in [4.78, 5) is 72.0. The van der Waals surface area contributed by atoms with Gasteiger partial charge in [-0.15, -0.1) is 0 Å². The molecular formula is C20H36N8O12. The molecule has 0 saturated heterocycles. The zero-order valence-corrected chi connectivity index (χ0v) is 21.3. The second-order valence-electron chi connectivity index (χ2n) is 7.99. The van der Waals surface area contributed by atoms with E-state index in [-0.39, 0.29) is 37.9 Å². The summed E-state index contributed by atoms with van der Waals surface area (Å²) in [6, 6.07) is -5.33. The fraction of sp³-hybridized carbons (Fsp3) is 0.600. The number of carbonyl (C=O) groups is 6. The summed E-state index contributed by atoms with van der Waals surface area (Å²) in [5.74, 6) is -8.33. The molecule has 0 aliphatic heterocycles. The highest BCUT2D eigenvalue weighted by Gasteiger charge is 2.28. The van der Waals surface area contributed by atoms with Gasteiger partial charge < -0.3 is 53.6 Å². The van der Waals surface area contributed by atoms with Crippen molar-refractivity contribution in [1.82, 2.24) is 10.6 Å². The molecule has 20 heteroatoms. The molecule has 20 nitrogen and oxygen atoms in total. The van der Waals surface area contributed by atoms with Crippen molar-refractivity contribution < 1.29 is 59.4 Å². The van der Waals surface area contributed by atoms with Crippen molar-refractivity contribution in [2.24, 2.45) is 32.9 Å². The van der Waals surface area contributed by atoms with Crippen LogP contribution in [0.1, 0.15) is 38.5 Å². The molecule has 0 radical (unpaired) electrons. The van der Waals surface area contributed by atoms with Gasteiger partial charge in [0.1, 0.15) is 24.2 Å². The first kappa shape index (κ1) is 37.4. The quantitative estimate of drug-likeness (QED) is 0.0370.